The predicted molar refractivity (Wildman–Crippen MR) is 125 cm³/mol. The van der Waals surface area contributed by atoms with Crippen LogP contribution >= 0.6 is 0 Å². The van der Waals surface area contributed by atoms with Crippen molar-refractivity contribution in [1.82, 2.24) is 9.38 Å². The first-order chi connectivity index (χ1) is 15.4. The summed E-state index contributed by atoms with van der Waals surface area (Å²) in [5.74, 6) is 0. The van der Waals surface area contributed by atoms with Crippen molar-refractivity contribution in [3.8, 4) is 0 Å². The SMILES string of the molecule is c1ccc2c(c1)oc1c2ccc2c1oc1ccc3c(c4ccccc4c4nccn34)c12. The Bertz CT molecular complexity index is 2000. The van der Waals surface area contributed by atoms with E-state index in [1.165, 1.54) is 10.8 Å². The highest BCUT2D eigenvalue weighted by Crippen LogP contribution is 2.42. The van der Waals surface area contributed by atoms with Crippen molar-refractivity contribution >= 4 is 71.2 Å². The normalized spacial score (nSPS) is 12.5. The van der Waals surface area contributed by atoms with Crippen LogP contribution in [-0.4, -0.2) is 9.38 Å². The van der Waals surface area contributed by atoms with Crippen LogP contribution in [0.4, 0.5) is 0 Å². The Balaban J connectivity index is 1.68. The number of benzene rings is 4. The van der Waals surface area contributed by atoms with Crippen LogP contribution in [0.25, 0.3) is 71.2 Å². The first-order valence-corrected chi connectivity index (χ1v) is 10.3. The highest BCUT2D eigenvalue weighted by molar-refractivity contribution is 6.30. The van der Waals surface area contributed by atoms with Gasteiger partial charge in [0, 0.05) is 44.7 Å². The number of hydrogen-bond donors (Lipinski definition) is 0. The van der Waals surface area contributed by atoms with Crippen LogP contribution in [0.15, 0.2) is 94.0 Å². The second-order valence-electron chi connectivity index (χ2n) is 8.02. The van der Waals surface area contributed by atoms with E-state index >= 15 is 0 Å². The number of fused-ring (bicyclic) bond motifs is 14. The number of imidazole rings is 1. The lowest BCUT2D eigenvalue weighted by Gasteiger charge is -2.09. The molecule has 4 heterocycles. The van der Waals surface area contributed by atoms with Gasteiger partial charge >= 0.3 is 0 Å². The van der Waals surface area contributed by atoms with Crippen LogP contribution in [0, 0.1) is 0 Å². The smallest absolute Gasteiger partial charge is 0.178 e. The van der Waals surface area contributed by atoms with Gasteiger partial charge in [0.15, 0.2) is 11.2 Å². The van der Waals surface area contributed by atoms with Gasteiger partial charge in [-0.2, -0.15) is 0 Å². The van der Waals surface area contributed by atoms with Gasteiger partial charge < -0.3 is 8.83 Å². The Kier molecular flexibility index (Phi) is 2.62. The molecule has 0 amide bonds. The third-order valence-electron chi connectivity index (χ3n) is 6.47. The average molecular weight is 398 g/mol. The van der Waals surface area contributed by atoms with Crippen molar-refractivity contribution < 1.29 is 8.83 Å². The van der Waals surface area contributed by atoms with Crippen LogP contribution in [0.2, 0.25) is 0 Å². The van der Waals surface area contributed by atoms with Crippen LogP contribution in [0.5, 0.6) is 0 Å². The van der Waals surface area contributed by atoms with E-state index in [0.29, 0.717) is 0 Å². The monoisotopic (exact) mass is 398 g/mol. The summed E-state index contributed by atoms with van der Waals surface area (Å²) in [5.41, 5.74) is 5.42. The standard InChI is InChI=1S/C27H14N2O2/c1-2-7-18-16(6-1)23-20(29-14-13-28-27(18)29)11-12-22-24(23)19-10-9-17-15-5-3-4-8-21(15)30-25(17)26(19)31-22/h1-14H. The zero-order valence-electron chi connectivity index (χ0n) is 16.3. The van der Waals surface area contributed by atoms with Gasteiger partial charge in [-0.15, -0.1) is 0 Å². The summed E-state index contributed by atoms with van der Waals surface area (Å²) >= 11 is 0. The molecular formula is C27H14N2O2. The fraction of sp³-hybridized carbons (Fsp3) is 0. The average Bonchev–Trinajstić information content (AvgIpc) is 3.53. The molecule has 0 saturated carbocycles. The van der Waals surface area contributed by atoms with Gasteiger partial charge in [-0.05, 0) is 35.7 Å². The van der Waals surface area contributed by atoms with Crippen LogP contribution in [0.1, 0.15) is 0 Å². The Labute approximate surface area is 174 Å². The molecule has 0 saturated heterocycles. The van der Waals surface area contributed by atoms with Gasteiger partial charge in [-0.25, -0.2) is 4.98 Å². The zero-order chi connectivity index (χ0) is 20.1. The summed E-state index contributed by atoms with van der Waals surface area (Å²) in [7, 11) is 0. The molecule has 8 rings (SSSR count). The summed E-state index contributed by atoms with van der Waals surface area (Å²) in [6, 6.07) is 25.1. The van der Waals surface area contributed by atoms with Gasteiger partial charge in [0.2, 0.25) is 0 Å². The van der Waals surface area contributed by atoms with Gasteiger partial charge in [-0.1, -0.05) is 42.5 Å². The van der Waals surface area contributed by atoms with Crippen LogP contribution in [0.3, 0.4) is 0 Å². The Hall–Kier alpha value is -4.31. The minimum atomic E-state index is 0.797. The second-order valence-corrected chi connectivity index (χ2v) is 8.02. The molecule has 144 valence electrons. The summed E-state index contributed by atoms with van der Waals surface area (Å²) in [6.45, 7) is 0. The second kappa shape index (κ2) is 5.24. The van der Waals surface area contributed by atoms with Crippen LogP contribution < -0.4 is 0 Å². The van der Waals surface area contributed by atoms with Crippen molar-refractivity contribution in [2.75, 3.05) is 0 Å². The van der Waals surface area contributed by atoms with Gasteiger partial charge in [0.25, 0.3) is 0 Å². The highest BCUT2D eigenvalue weighted by Gasteiger charge is 2.19. The van der Waals surface area contributed by atoms with Gasteiger partial charge in [0.05, 0.1) is 5.52 Å². The maximum atomic E-state index is 6.43. The highest BCUT2D eigenvalue weighted by atomic mass is 16.4. The Morgan fingerprint density at radius 2 is 1.32 bits per heavy atom. The molecule has 0 aliphatic heterocycles. The van der Waals surface area contributed by atoms with Crippen molar-refractivity contribution in [2.45, 2.75) is 0 Å². The summed E-state index contributed by atoms with van der Waals surface area (Å²) in [5, 5.41) is 7.84. The molecule has 4 aromatic carbocycles. The van der Waals surface area contributed by atoms with E-state index in [9.17, 15) is 0 Å². The molecule has 0 aliphatic rings. The minimum absolute atomic E-state index is 0.797. The molecule has 0 bridgehead atoms. The van der Waals surface area contributed by atoms with Crippen molar-refractivity contribution in [3.63, 3.8) is 0 Å². The lowest BCUT2D eigenvalue weighted by atomic mass is 10.0. The van der Waals surface area contributed by atoms with E-state index in [1.807, 2.05) is 30.6 Å². The van der Waals surface area contributed by atoms with E-state index in [4.69, 9.17) is 8.83 Å². The quantitative estimate of drug-likeness (QED) is 0.249. The molecule has 8 aromatic rings. The maximum Gasteiger partial charge on any atom is 0.178 e. The fourth-order valence-electron chi connectivity index (χ4n) is 5.16. The van der Waals surface area contributed by atoms with Crippen molar-refractivity contribution in [2.24, 2.45) is 0 Å². The lowest BCUT2D eigenvalue weighted by Crippen LogP contribution is -1.90. The lowest BCUT2D eigenvalue weighted by molar-refractivity contribution is 0.633. The number of nitrogens with zero attached hydrogens (tertiary/aromatic N) is 2. The molecule has 0 fully saturated rings. The van der Waals surface area contributed by atoms with Crippen LogP contribution in [-0.2, 0) is 0 Å². The largest absolute Gasteiger partial charge is 0.452 e. The molecular weight excluding hydrogens is 384 g/mol. The van der Waals surface area contributed by atoms with Gasteiger partial charge in [0.1, 0.15) is 16.8 Å². The van der Waals surface area contributed by atoms with Crippen molar-refractivity contribution in [3.05, 3.63) is 85.2 Å². The van der Waals surface area contributed by atoms with Gasteiger partial charge in [-0.3, -0.25) is 4.40 Å². The number of pyridine rings is 1. The van der Waals surface area contributed by atoms with E-state index in [1.54, 1.807) is 0 Å². The van der Waals surface area contributed by atoms with E-state index < -0.39 is 0 Å². The zero-order valence-corrected chi connectivity index (χ0v) is 16.3. The Morgan fingerprint density at radius 1 is 0.581 bits per heavy atom. The molecule has 0 N–H and O–H groups in total. The van der Waals surface area contributed by atoms with E-state index in [2.05, 4.69) is 64.0 Å². The van der Waals surface area contributed by atoms with Crippen molar-refractivity contribution in [1.29, 1.82) is 0 Å². The third kappa shape index (κ3) is 1.79. The molecule has 0 atom stereocenters. The van der Waals surface area contributed by atoms with E-state index in [0.717, 1.165) is 60.4 Å². The fourth-order valence-corrected chi connectivity index (χ4v) is 5.16. The topological polar surface area (TPSA) is 43.6 Å². The number of hydrogen-bond acceptors (Lipinski definition) is 3. The molecule has 0 aliphatic carbocycles. The molecule has 0 unspecified atom stereocenters. The first kappa shape index (κ1) is 15.5. The molecule has 4 nitrogen and oxygen atoms in total. The molecule has 0 radical (unpaired) electrons. The predicted octanol–water partition coefficient (Wildman–Crippen LogP) is 7.44. The summed E-state index contributed by atoms with van der Waals surface area (Å²) < 4.78 is 14.8. The number of para-hydroxylation sites is 1. The summed E-state index contributed by atoms with van der Waals surface area (Å²) in [6.07, 6.45) is 3.88. The van der Waals surface area contributed by atoms with E-state index in [-0.39, 0.29) is 0 Å². The number of rotatable bonds is 0. The first-order valence-electron chi connectivity index (χ1n) is 10.3. The number of furan rings is 2. The molecule has 4 heteroatoms. The minimum Gasteiger partial charge on any atom is -0.452 e. The molecule has 31 heavy (non-hydrogen) atoms. The Morgan fingerprint density at radius 3 is 2.26 bits per heavy atom. The molecule has 4 aromatic heterocycles. The number of aromatic nitrogens is 2. The summed E-state index contributed by atoms with van der Waals surface area (Å²) in [4.78, 5) is 4.62. The maximum absolute atomic E-state index is 6.43. The molecule has 0 spiro atoms. The third-order valence-corrected chi connectivity index (χ3v) is 6.47.